The highest BCUT2D eigenvalue weighted by Gasteiger charge is 2.21. The number of methoxy groups -OCH3 is 1. The van der Waals surface area contributed by atoms with Crippen molar-refractivity contribution in [2.45, 2.75) is 51.6 Å². The SMILES string of the molecule is COCc1cc(C(O)C(O)CCNC(=O)OC(C)(C)C)cs1. The van der Waals surface area contributed by atoms with Gasteiger partial charge in [0.15, 0.2) is 0 Å². The van der Waals surface area contributed by atoms with Crippen LogP contribution in [0.4, 0.5) is 4.79 Å². The summed E-state index contributed by atoms with van der Waals surface area (Å²) in [6, 6.07) is 1.81. The summed E-state index contributed by atoms with van der Waals surface area (Å²) in [7, 11) is 1.60. The molecule has 0 saturated carbocycles. The van der Waals surface area contributed by atoms with Gasteiger partial charge >= 0.3 is 6.09 Å². The van der Waals surface area contributed by atoms with E-state index in [0.717, 1.165) is 4.88 Å². The summed E-state index contributed by atoms with van der Waals surface area (Å²) in [5.74, 6) is 0. The fraction of sp³-hybridized carbons (Fsp3) is 0.667. The molecule has 0 radical (unpaired) electrons. The molecule has 1 aromatic heterocycles. The largest absolute Gasteiger partial charge is 0.444 e. The van der Waals surface area contributed by atoms with Crippen LogP contribution in [0.3, 0.4) is 0 Å². The van der Waals surface area contributed by atoms with Gasteiger partial charge in [-0.05, 0) is 44.2 Å². The number of thiophene rings is 1. The van der Waals surface area contributed by atoms with Crippen molar-refractivity contribution < 1.29 is 24.5 Å². The molecule has 0 saturated heterocycles. The molecule has 0 aromatic carbocycles. The lowest BCUT2D eigenvalue weighted by atomic mass is 10.0. The summed E-state index contributed by atoms with van der Waals surface area (Å²) >= 11 is 1.47. The van der Waals surface area contributed by atoms with Gasteiger partial charge in [-0.1, -0.05) is 0 Å². The molecule has 1 aromatic rings. The molecule has 6 nitrogen and oxygen atoms in total. The van der Waals surface area contributed by atoms with Crippen molar-refractivity contribution in [1.82, 2.24) is 5.32 Å². The number of aliphatic hydroxyl groups excluding tert-OH is 2. The second kappa shape index (κ2) is 8.47. The third-order valence-electron chi connectivity index (χ3n) is 2.77. The maximum absolute atomic E-state index is 11.5. The molecule has 0 aliphatic heterocycles. The molecule has 1 rings (SSSR count). The van der Waals surface area contributed by atoms with Gasteiger partial charge in [0.25, 0.3) is 0 Å². The average Bonchev–Trinajstić information content (AvgIpc) is 2.84. The minimum atomic E-state index is -0.984. The van der Waals surface area contributed by atoms with Crippen LogP contribution in [0.15, 0.2) is 11.4 Å². The lowest BCUT2D eigenvalue weighted by Crippen LogP contribution is -2.34. The Hall–Kier alpha value is -1.15. The van der Waals surface area contributed by atoms with Crippen LogP contribution in [0, 0.1) is 0 Å². The van der Waals surface area contributed by atoms with Crippen molar-refractivity contribution in [1.29, 1.82) is 0 Å². The Morgan fingerprint density at radius 3 is 2.68 bits per heavy atom. The Morgan fingerprint density at radius 2 is 2.09 bits per heavy atom. The van der Waals surface area contributed by atoms with Crippen molar-refractivity contribution >= 4 is 17.4 Å². The molecule has 0 fully saturated rings. The summed E-state index contributed by atoms with van der Waals surface area (Å²) in [5, 5.41) is 24.4. The number of hydrogen-bond acceptors (Lipinski definition) is 6. The summed E-state index contributed by atoms with van der Waals surface area (Å²) in [4.78, 5) is 12.4. The molecular formula is C15H25NO5S. The van der Waals surface area contributed by atoms with Gasteiger partial charge in [-0.25, -0.2) is 4.79 Å². The Labute approximate surface area is 135 Å². The number of alkyl carbamates (subject to hydrolysis) is 1. The van der Waals surface area contributed by atoms with Gasteiger partial charge in [-0.2, -0.15) is 0 Å². The third kappa shape index (κ3) is 6.74. The van der Waals surface area contributed by atoms with E-state index in [2.05, 4.69) is 5.32 Å². The molecule has 1 amide bonds. The number of aliphatic hydroxyl groups is 2. The second-order valence-electron chi connectivity index (χ2n) is 6.01. The average molecular weight is 331 g/mol. The number of carbonyl (C=O) groups is 1. The van der Waals surface area contributed by atoms with E-state index >= 15 is 0 Å². The second-order valence-corrected chi connectivity index (χ2v) is 7.00. The number of carbonyl (C=O) groups excluding carboxylic acids is 1. The van der Waals surface area contributed by atoms with Gasteiger partial charge in [0.2, 0.25) is 0 Å². The molecule has 0 aliphatic rings. The highest BCUT2D eigenvalue weighted by atomic mass is 32.1. The Kier molecular flexibility index (Phi) is 7.28. The molecule has 22 heavy (non-hydrogen) atoms. The van der Waals surface area contributed by atoms with Gasteiger partial charge in [-0.3, -0.25) is 0 Å². The normalized spacial score (nSPS) is 14.5. The molecule has 1 heterocycles. The topological polar surface area (TPSA) is 88.0 Å². The summed E-state index contributed by atoms with van der Waals surface area (Å²) < 4.78 is 10.1. The number of rotatable bonds is 7. The van der Waals surface area contributed by atoms with E-state index in [1.165, 1.54) is 11.3 Å². The summed E-state index contributed by atoms with van der Waals surface area (Å²) in [5.41, 5.74) is 0.0956. The minimum absolute atomic E-state index is 0.224. The van der Waals surface area contributed by atoms with E-state index in [1.54, 1.807) is 33.3 Å². The highest BCUT2D eigenvalue weighted by molar-refractivity contribution is 7.10. The van der Waals surface area contributed by atoms with Crippen LogP contribution in [0.2, 0.25) is 0 Å². The van der Waals surface area contributed by atoms with Gasteiger partial charge in [-0.15, -0.1) is 11.3 Å². The van der Waals surface area contributed by atoms with Crippen molar-refractivity contribution in [2.75, 3.05) is 13.7 Å². The van der Waals surface area contributed by atoms with Crippen LogP contribution in [-0.4, -0.2) is 41.7 Å². The molecule has 3 N–H and O–H groups in total. The first-order valence-corrected chi connectivity index (χ1v) is 8.00. The van der Waals surface area contributed by atoms with Gasteiger partial charge < -0.3 is 25.0 Å². The van der Waals surface area contributed by atoms with E-state index in [1.807, 2.05) is 6.07 Å². The van der Waals surface area contributed by atoms with Crippen LogP contribution in [-0.2, 0) is 16.1 Å². The number of amides is 1. The molecule has 2 unspecified atom stereocenters. The predicted molar refractivity (Wildman–Crippen MR) is 84.9 cm³/mol. The highest BCUT2D eigenvalue weighted by Crippen LogP contribution is 2.25. The molecule has 7 heteroatoms. The molecule has 126 valence electrons. The Balaban J connectivity index is 2.37. The maximum atomic E-state index is 11.5. The van der Waals surface area contributed by atoms with E-state index in [-0.39, 0.29) is 13.0 Å². The fourth-order valence-electron chi connectivity index (χ4n) is 1.79. The molecule has 0 aliphatic carbocycles. The first kappa shape index (κ1) is 18.9. The van der Waals surface area contributed by atoms with Gasteiger partial charge in [0.1, 0.15) is 11.7 Å². The van der Waals surface area contributed by atoms with E-state index in [9.17, 15) is 15.0 Å². The van der Waals surface area contributed by atoms with Crippen molar-refractivity contribution in [3.63, 3.8) is 0 Å². The van der Waals surface area contributed by atoms with Crippen molar-refractivity contribution in [2.24, 2.45) is 0 Å². The smallest absolute Gasteiger partial charge is 0.407 e. The van der Waals surface area contributed by atoms with Crippen LogP contribution in [0.25, 0.3) is 0 Å². The number of nitrogens with one attached hydrogen (secondary N) is 1. The standard InChI is InChI=1S/C15H25NO5S/c1-15(2,3)21-14(19)16-6-5-12(17)13(18)10-7-11(8-20-4)22-9-10/h7,9,12-13,17-18H,5-6,8H2,1-4H3,(H,16,19). The van der Waals surface area contributed by atoms with Crippen LogP contribution >= 0.6 is 11.3 Å². The predicted octanol–water partition coefficient (Wildman–Crippen LogP) is 2.20. The fourth-order valence-corrected chi connectivity index (χ4v) is 2.67. The van der Waals surface area contributed by atoms with Crippen molar-refractivity contribution in [3.05, 3.63) is 21.9 Å². The van der Waals surface area contributed by atoms with Crippen LogP contribution in [0.5, 0.6) is 0 Å². The summed E-state index contributed by atoms with van der Waals surface area (Å²) in [6.45, 7) is 6.04. The molecule has 0 bridgehead atoms. The van der Waals surface area contributed by atoms with Crippen molar-refractivity contribution in [3.8, 4) is 0 Å². The van der Waals surface area contributed by atoms with E-state index in [4.69, 9.17) is 9.47 Å². The Bertz CT molecular complexity index is 469. The molecule has 0 spiro atoms. The third-order valence-corrected chi connectivity index (χ3v) is 3.70. The van der Waals surface area contributed by atoms with Gasteiger partial charge in [0, 0.05) is 18.5 Å². The number of ether oxygens (including phenoxy) is 2. The minimum Gasteiger partial charge on any atom is -0.444 e. The Morgan fingerprint density at radius 1 is 1.41 bits per heavy atom. The van der Waals surface area contributed by atoms with Crippen LogP contribution < -0.4 is 5.32 Å². The monoisotopic (exact) mass is 331 g/mol. The lowest BCUT2D eigenvalue weighted by Gasteiger charge is -2.21. The molecular weight excluding hydrogens is 306 g/mol. The van der Waals surface area contributed by atoms with Crippen LogP contribution in [0.1, 0.15) is 43.7 Å². The zero-order valence-electron chi connectivity index (χ0n) is 13.5. The summed E-state index contributed by atoms with van der Waals surface area (Å²) in [6.07, 6.45) is -2.25. The lowest BCUT2D eigenvalue weighted by molar-refractivity contribution is 0.0125. The zero-order valence-corrected chi connectivity index (χ0v) is 14.3. The molecule has 2 atom stereocenters. The first-order chi connectivity index (χ1) is 10.2. The van der Waals surface area contributed by atoms with E-state index in [0.29, 0.717) is 12.2 Å². The zero-order chi connectivity index (χ0) is 16.8. The maximum Gasteiger partial charge on any atom is 0.407 e. The first-order valence-electron chi connectivity index (χ1n) is 7.12. The number of hydrogen-bond donors (Lipinski definition) is 3. The quantitative estimate of drug-likeness (QED) is 0.713. The van der Waals surface area contributed by atoms with E-state index < -0.39 is 23.9 Å². The van der Waals surface area contributed by atoms with Gasteiger partial charge in [0.05, 0.1) is 12.7 Å².